The number of esters is 1. The van der Waals surface area contributed by atoms with Crippen LogP contribution in [0.2, 0.25) is 0 Å². The van der Waals surface area contributed by atoms with Crippen molar-refractivity contribution in [3.8, 4) is 5.75 Å². The van der Waals surface area contributed by atoms with Gasteiger partial charge in [0, 0.05) is 6.42 Å². The number of aromatic hydroxyl groups is 1. The molecule has 0 atom stereocenters. The molecule has 1 aromatic rings. The number of hydrogen-bond donors (Lipinski definition) is 2. The molecule has 18 heavy (non-hydrogen) atoms. The number of carbonyl (C=O) groups is 1. The van der Waals surface area contributed by atoms with Gasteiger partial charge in [-0.3, -0.25) is 4.79 Å². The highest BCUT2D eigenvalue weighted by molar-refractivity contribution is 5.70. The van der Waals surface area contributed by atoms with Crippen LogP contribution in [-0.4, -0.2) is 21.8 Å². The molecule has 0 bridgehead atoms. The number of aliphatic hydroxyl groups is 1. The van der Waals surface area contributed by atoms with Crippen LogP contribution in [0.25, 0.3) is 0 Å². The second-order valence-corrected chi connectivity index (χ2v) is 5.20. The summed E-state index contributed by atoms with van der Waals surface area (Å²) in [7, 11) is 0. The molecule has 0 spiro atoms. The summed E-state index contributed by atoms with van der Waals surface area (Å²) in [4.78, 5) is 11.6. The Labute approximate surface area is 107 Å². The van der Waals surface area contributed by atoms with Crippen LogP contribution in [-0.2, 0) is 22.6 Å². The number of rotatable bonds is 4. The van der Waals surface area contributed by atoms with Gasteiger partial charge < -0.3 is 14.9 Å². The Morgan fingerprint density at radius 1 is 1.28 bits per heavy atom. The van der Waals surface area contributed by atoms with E-state index in [2.05, 4.69) is 0 Å². The first-order valence-corrected chi connectivity index (χ1v) is 5.95. The fourth-order valence-corrected chi connectivity index (χ4v) is 1.63. The fraction of sp³-hybridized carbons (Fsp3) is 0.500. The van der Waals surface area contributed by atoms with Gasteiger partial charge in [0.2, 0.25) is 0 Å². The largest absolute Gasteiger partial charge is 0.508 e. The summed E-state index contributed by atoms with van der Waals surface area (Å²) in [6, 6.07) is 4.76. The quantitative estimate of drug-likeness (QED) is 0.806. The maximum Gasteiger partial charge on any atom is 0.306 e. The van der Waals surface area contributed by atoms with Crippen molar-refractivity contribution in [3.05, 3.63) is 29.3 Å². The number of phenols is 1. The van der Waals surface area contributed by atoms with E-state index in [9.17, 15) is 9.90 Å². The second kappa shape index (κ2) is 5.87. The van der Waals surface area contributed by atoms with Crippen molar-refractivity contribution in [3.63, 3.8) is 0 Å². The number of carbonyl (C=O) groups excluding carboxylic acids is 1. The first-order valence-electron chi connectivity index (χ1n) is 5.95. The van der Waals surface area contributed by atoms with Gasteiger partial charge in [0.1, 0.15) is 11.4 Å². The lowest BCUT2D eigenvalue weighted by Crippen LogP contribution is -2.24. The highest BCUT2D eigenvalue weighted by atomic mass is 16.6. The van der Waals surface area contributed by atoms with E-state index in [0.717, 1.165) is 5.56 Å². The molecule has 0 aromatic heterocycles. The molecule has 2 N–H and O–H groups in total. The van der Waals surface area contributed by atoms with Crippen LogP contribution in [0.3, 0.4) is 0 Å². The molecule has 4 heteroatoms. The smallest absolute Gasteiger partial charge is 0.306 e. The average Bonchev–Trinajstić information content (AvgIpc) is 2.24. The number of ether oxygens (including phenoxy) is 1. The Morgan fingerprint density at radius 3 is 2.50 bits per heavy atom. The molecule has 0 aliphatic heterocycles. The highest BCUT2D eigenvalue weighted by Crippen LogP contribution is 2.19. The summed E-state index contributed by atoms with van der Waals surface area (Å²) in [6.07, 6.45) is 0.750. The standard InChI is InChI=1S/C14H20O4/c1-14(2,3)18-13(17)7-5-10-4-6-12(16)8-11(10)9-15/h4,6,8,15-16H,5,7,9H2,1-3H3. The Morgan fingerprint density at radius 2 is 1.94 bits per heavy atom. The molecule has 0 saturated carbocycles. The molecule has 0 aliphatic carbocycles. The molecular formula is C14H20O4. The second-order valence-electron chi connectivity index (χ2n) is 5.20. The monoisotopic (exact) mass is 252 g/mol. The fourth-order valence-electron chi connectivity index (χ4n) is 1.63. The molecule has 0 heterocycles. The predicted molar refractivity (Wildman–Crippen MR) is 68.2 cm³/mol. The summed E-state index contributed by atoms with van der Waals surface area (Å²) in [5, 5.41) is 18.5. The van der Waals surface area contributed by atoms with Crippen LogP contribution in [0, 0.1) is 0 Å². The van der Waals surface area contributed by atoms with E-state index >= 15 is 0 Å². The van der Waals surface area contributed by atoms with Gasteiger partial charge in [0.15, 0.2) is 0 Å². The van der Waals surface area contributed by atoms with Crippen LogP contribution >= 0.6 is 0 Å². The van der Waals surface area contributed by atoms with Crippen molar-refractivity contribution >= 4 is 5.97 Å². The van der Waals surface area contributed by atoms with Crippen molar-refractivity contribution < 1.29 is 19.7 Å². The van der Waals surface area contributed by atoms with Gasteiger partial charge in [-0.05, 0) is 50.5 Å². The van der Waals surface area contributed by atoms with Crippen molar-refractivity contribution in [1.29, 1.82) is 0 Å². The zero-order chi connectivity index (χ0) is 13.8. The lowest BCUT2D eigenvalue weighted by molar-refractivity contribution is -0.154. The van der Waals surface area contributed by atoms with Crippen molar-refractivity contribution in [2.45, 2.75) is 45.8 Å². The Hall–Kier alpha value is -1.55. The number of phenolic OH excluding ortho intramolecular Hbond substituents is 1. The van der Waals surface area contributed by atoms with Gasteiger partial charge in [0.25, 0.3) is 0 Å². The van der Waals surface area contributed by atoms with Gasteiger partial charge >= 0.3 is 5.97 Å². The number of aliphatic hydroxyl groups excluding tert-OH is 1. The third-order valence-electron chi connectivity index (χ3n) is 2.38. The molecular weight excluding hydrogens is 232 g/mol. The summed E-state index contributed by atoms with van der Waals surface area (Å²) >= 11 is 0. The number of hydrogen-bond acceptors (Lipinski definition) is 4. The molecule has 0 fully saturated rings. The van der Waals surface area contributed by atoms with E-state index in [1.165, 1.54) is 6.07 Å². The zero-order valence-electron chi connectivity index (χ0n) is 11.1. The van der Waals surface area contributed by atoms with Gasteiger partial charge in [-0.2, -0.15) is 0 Å². The molecule has 0 aliphatic rings. The summed E-state index contributed by atoms with van der Waals surface area (Å²) in [6.45, 7) is 5.32. The topological polar surface area (TPSA) is 66.8 Å². The number of aryl methyl sites for hydroxylation is 1. The Balaban J connectivity index is 2.61. The minimum absolute atomic E-state index is 0.111. The van der Waals surface area contributed by atoms with Crippen LogP contribution in [0.4, 0.5) is 0 Å². The molecule has 0 unspecified atom stereocenters. The lowest BCUT2D eigenvalue weighted by Gasteiger charge is -2.19. The summed E-state index contributed by atoms with van der Waals surface area (Å²) in [5.41, 5.74) is 1.01. The molecule has 0 saturated heterocycles. The third-order valence-corrected chi connectivity index (χ3v) is 2.38. The Bertz CT molecular complexity index is 418. The molecule has 1 aromatic carbocycles. The summed E-state index contributed by atoms with van der Waals surface area (Å²) < 4.78 is 5.21. The van der Waals surface area contributed by atoms with Gasteiger partial charge in [-0.1, -0.05) is 6.07 Å². The van der Waals surface area contributed by atoms with Gasteiger partial charge in [-0.25, -0.2) is 0 Å². The SMILES string of the molecule is CC(C)(C)OC(=O)CCc1ccc(O)cc1CO. The molecule has 4 nitrogen and oxygen atoms in total. The van der Waals surface area contributed by atoms with Crippen LogP contribution in [0.1, 0.15) is 38.3 Å². The van der Waals surface area contributed by atoms with Crippen molar-refractivity contribution in [2.75, 3.05) is 0 Å². The van der Waals surface area contributed by atoms with Gasteiger partial charge in [-0.15, -0.1) is 0 Å². The van der Waals surface area contributed by atoms with E-state index in [1.54, 1.807) is 12.1 Å². The molecule has 0 amide bonds. The van der Waals surface area contributed by atoms with Crippen LogP contribution < -0.4 is 0 Å². The normalized spacial score (nSPS) is 11.3. The molecule has 100 valence electrons. The average molecular weight is 252 g/mol. The zero-order valence-corrected chi connectivity index (χ0v) is 11.1. The van der Waals surface area contributed by atoms with E-state index in [-0.39, 0.29) is 24.7 Å². The minimum atomic E-state index is -0.480. The Kier molecular flexibility index (Phi) is 4.73. The first kappa shape index (κ1) is 14.5. The van der Waals surface area contributed by atoms with E-state index in [0.29, 0.717) is 12.0 Å². The molecule has 0 radical (unpaired) electrons. The molecule has 1 rings (SSSR count). The van der Waals surface area contributed by atoms with E-state index < -0.39 is 5.60 Å². The van der Waals surface area contributed by atoms with Crippen LogP contribution in [0.15, 0.2) is 18.2 Å². The van der Waals surface area contributed by atoms with E-state index in [1.807, 2.05) is 20.8 Å². The first-order chi connectivity index (χ1) is 8.31. The third kappa shape index (κ3) is 4.75. The van der Waals surface area contributed by atoms with Crippen molar-refractivity contribution in [1.82, 2.24) is 0 Å². The maximum atomic E-state index is 11.6. The van der Waals surface area contributed by atoms with Gasteiger partial charge in [0.05, 0.1) is 6.61 Å². The minimum Gasteiger partial charge on any atom is -0.508 e. The summed E-state index contributed by atoms with van der Waals surface area (Å²) in [5.74, 6) is -0.153. The lowest BCUT2D eigenvalue weighted by atomic mass is 10.0. The van der Waals surface area contributed by atoms with Crippen molar-refractivity contribution in [2.24, 2.45) is 0 Å². The van der Waals surface area contributed by atoms with Crippen LogP contribution in [0.5, 0.6) is 5.75 Å². The maximum absolute atomic E-state index is 11.6. The predicted octanol–water partition coefficient (Wildman–Crippen LogP) is 2.16. The highest BCUT2D eigenvalue weighted by Gasteiger charge is 2.16. The van der Waals surface area contributed by atoms with E-state index in [4.69, 9.17) is 9.84 Å². The number of benzene rings is 1.